The Balaban J connectivity index is 2.46. The number of carbonyl (C=O) groups is 2. The molecule has 1 heterocycles. The zero-order valence-electron chi connectivity index (χ0n) is 12.2. The van der Waals surface area contributed by atoms with Gasteiger partial charge in [0.25, 0.3) is 0 Å². The fourth-order valence-corrected chi connectivity index (χ4v) is 2.18. The molecule has 6 nitrogen and oxygen atoms in total. The maximum absolute atomic E-state index is 12.1. The molecular weight excluding hydrogens is 246 g/mol. The molecule has 1 aliphatic heterocycles. The van der Waals surface area contributed by atoms with Crippen LogP contribution in [0.4, 0.5) is 4.79 Å². The topological polar surface area (TPSA) is 72.9 Å². The highest BCUT2D eigenvalue weighted by molar-refractivity contribution is 5.76. The quantitative estimate of drug-likeness (QED) is 0.794. The second-order valence-electron chi connectivity index (χ2n) is 5.51. The Hall–Kier alpha value is -1.30. The van der Waals surface area contributed by atoms with E-state index in [-0.39, 0.29) is 18.1 Å². The van der Waals surface area contributed by atoms with Crippen molar-refractivity contribution in [3.05, 3.63) is 0 Å². The summed E-state index contributed by atoms with van der Waals surface area (Å²) in [6.07, 6.45) is 1.92. The molecule has 2 atom stereocenters. The average molecular weight is 271 g/mol. The first-order valence-corrected chi connectivity index (χ1v) is 6.77. The van der Waals surface area contributed by atoms with E-state index in [4.69, 9.17) is 5.11 Å². The number of nitrogens with zero attached hydrogens (tertiary/aromatic N) is 2. The summed E-state index contributed by atoms with van der Waals surface area (Å²) in [6, 6.07) is -0.322. The maximum Gasteiger partial charge on any atom is 0.317 e. The van der Waals surface area contributed by atoms with Gasteiger partial charge in [0.2, 0.25) is 0 Å². The van der Waals surface area contributed by atoms with E-state index in [9.17, 15) is 9.59 Å². The fourth-order valence-electron chi connectivity index (χ4n) is 2.18. The van der Waals surface area contributed by atoms with Gasteiger partial charge in [0, 0.05) is 19.1 Å². The number of nitrogens with one attached hydrogen (secondary N) is 1. The summed E-state index contributed by atoms with van der Waals surface area (Å²) < 4.78 is 0. The van der Waals surface area contributed by atoms with Gasteiger partial charge in [-0.2, -0.15) is 0 Å². The summed E-state index contributed by atoms with van der Waals surface area (Å²) in [7, 11) is 3.86. The third kappa shape index (κ3) is 4.38. The van der Waals surface area contributed by atoms with Gasteiger partial charge in [0.1, 0.15) is 0 Å². The lowest BCUT2D eigenvalue weighted by Gasteiger charge is -2.35. The van der Waals surface area contributed by atoms with Gasteiger partial charge in [0.05, 0.1) is 5.92 Å². The predicted molar refractivity (Wildman–Crippen MR) is 73.1 cm³/mol. The van der Waals surface area contributed by atoms with Crippen molar-refractivity contribution in [2.24, 2.45) is 5.92 Å². The Morgan fingerprint density at radius 2 is 1.84 bits per heavy atom. The molecule has 1 rings (SSSR count). The molecule has 0 radical (unpaired) electrons. The van der Waals surface area contributed by atoms with E-state index in [0.717, 1.165) is 25.9 Å². The molecule has 0 saturated carbocycles. The summed E-state index contributed by atoms with van der Waals surface area (Å²) in [5.41, 5.74) is 0. The van der Waals surface area contributed by atoms with Gasteiger partial charge < -0.3 is 20.2 Å². The zero-order valence-corrected chi connectivity index (χ0v) is 12.2. The highest BCUT2D eigenvalue weighted by Gasteiger charge is 2.27. The van der Waals surface area contributed by atoms with Crippen LogP contribution in [0.25, 0.3) is 0 Å². The third-order valence-electron chi connectivity index (χ3n) is 4.05. The predicted octanol–water partition coefficient (Wildman–Crippen LogP) is 0.831. The maximum atomic E-state index is 12.1. The smallest absolute Gasteiger partial charge is 0.317 e. The molecule has 110 valence electrons. The molecule has 2 amide bonds. The van der Waals surface area contributed by atoms with E-state index in [1.165, 1.54) is 0 Å². The number of rotatable bonds is 4. The number of piperidine rings is 1. The van der Waals surface area contributed by atoms with Gasteiger partial charge in [-0.1, -0.05) is 0 Å². The first-order chi connectivity index (χ1) is 8.82. The van der Waals surface area contributed by atoms with Crippen LogP contribution in [0.15, 0.2) is 0 Å². The molecule has 2 N–H and O–H groups in total. The molecule has 2 unspecified atom stereocenters. The monoisotopic (exact) mass is 271 g/mol. The van der Waals surface area contributed by atoms with Crippen molar-refractivity contribution in [1.29, 1.82) is 0 Å². The van der Waals surface area contributed by atoms with E-state index in [1.807, 2.05) is 0 Å². The minimum atomic E-state index is -0.894. The van der Waals surface area contributed by atoms with Crippen molar-refractivity contribution in [3.63, 3.8) is 0 Å². The molecule has 1 aliphatic rings. The highest BCUT2D eigenvalue weighted by Crippen LogP contribution is 2.14. The first kappa shape index (κ1) is 15.8. The molecule has 1 fully saturated rings. The SMILES string of the molecule is CC(NC(=O)N(C)C1CCN(C)CC1)C(C)C(=O)O. The number of carboxylic acids is 1. The number of carboxylic acid groups (broad SMARTS) is 1. The summed E-state index contributed by atoms with van der Waals surface area (Å²) in [6.45, 7) is 5.30. The minimum absolute atomic E-state index is 0.185. The second kappa shape index (κ2) is 6.75. The van der Waals surface area contributed by atoms with Crippen LogP contribution in [0.2, 0.25) is 0 Å². The molecule has 0 aliphatic carbocycles. The van der Waals surface area contributed by atoms with Crippen molar-refractivity contribution in [1.82, 2.24) is 15.1 Å². The molecule has 6 heteroatoms. The lowest BCUT2D eigenvalue weighted by molar-refractivity contribution is -0.141. The van der Waals surface area contributed by atoms with Gasteiger partial charge >= 0.3 is 12.0 Å². The average Bonchev–Trinajstić information content (AvgIpc) is 2.37. The third-order valence-corrected chi connectivity index (χ3v) is 4.05. The van der Waals surface area contributed by atoms with Crippen LogP contribution in [0.5, 0.6) is 0 Å². The largest absolute Gasteiger partial charge is 0.481 e. The standard InChI is InChI=1S/C13H25N3O3/c1-9(12(17)18)10(2)14-13(19)16(4)11-5-7-15(3)8-6-11/h9-11H,5-8H2,1-4H3,(H,14,19)(H,17,18). The number of aliphatic carboxylic acids is 1. The van der Waals surface area contributed by atoms with Crippen LogP contribution in [0, 0.1) is 5.92 Å². The van der Waals surface area contributed by atoms with Gasteiger partial charge in [-0.05, 0) is 46.8 Å². The lowest BCUT2D eigenvalue weighted by atomic mass is 10.0. The molecule has 0 aromatic rings. The van der Waals surface area contributed by atoms with Crippen molar-refractivity contribution >= 4 is 12.0 Å². The number of urea groups is 1. The van der Waals surface area contributed by atoms with E-state index in [1.54, 1.807) is 25.8 Å². The number of amides is 2. The Bertz CT molecular complexity index is 327. The molecule has 1 saturated heterocycles. The Labute approximate surface area is 114 Å². The van der Waals surface area contributed by atoms with Crippen LogP contribution in [-0.4, -0.2) is 66.2 Å². The molecule has 0 spiro atoms. The van der Waals surface area contributed by atoms with Gasteiger partial charge in [0.15, 0.2) is 0 Å². The van der Waals surface area contributed by atoms with Gasteiger partial charge in [-0.3, -0.25) is 4.79 Å². The number of hydrogen-bond acceptors (Lipinski definition) is 3. The van der Waals surface area contributed by atoms with Crippen molar-refractivity contribution in [2.45, 2.75) is 38.8 Å². The van der Waals surface area contributed by atoms with Crippen molar-refractivity contribution in [3.8, 4) is 0 Å². The Morgan fingerprint density at radius 3 is 2.32 bits per heavy atom. The van der Waals surface area contributed by atoms with Crippen LogP contribution >= 0.6 is 0 Å². The van der Waals surface area contributed by atoms with Crippen LogP contribution < -0.4 is 5.32 Å². The van der Waals surface area contributed by atoms with E-state index >= 15 is 0 Å². The van der Waals surface area contributed by atoms with Crippen molar-refractivity contribution < 1.29 is 14.7 Å². The van der Waals surface area contributed by atoms with Gasteiger partial charge in [-0.25, -0.2) is 4.79 Å². The summed E-state index contributed by atoms with van der Waals surface area (Å²) in [5, 5.41) is 11.7. The molecule has 0 aromatic carbocycles. The number of carbonyl (C=O) groups excluding carboxylic acids is 1. The van der Waals surface area contributed by atoms with Crippen LogP contribution in [0.3, 0.4) is 0 Å². The van der Waals surface area contributed by atoms with Gasteiger partial charge in [-0.15, -0.1) is 0 Å². The number of hydrogen-bond donors (Lipinski definition) is 2. The molecule has 19 heavy (non-hydrogen) atoms. The lowest BCUT2D eigenvalue weighted by Crippen LogP contribution is -2.51. The summed E-state index contributed by atoms with van der Waals surface area (Å²) >= 11 is 0. The second-order valence-corrected chi connectivity index (χ2v) is 5.51. The minimum Gasteiger partial charge on any atom is -0.481 e. The first-order valence-electron chi connectivity index (χ1n) is 6.77. The van der Waals surface area contributed by atoms with E-state index in [2.05, 4.69) is 17.3 Å². The van der Waals surface area contributed by atoms with E-state index < -0.39 is 11.9 Å². The Morgan fingerprint density at radius 1 is 1.32 bits per heavy atom. The molecular formula is C13H25N3O3. The summed E-state index contributed by atoms with van der Waals surface area (Å²) in [4.78, 5) is 26.9. The van der Waals surface area contributed by atoms with Crippen molar-refractivity contribution in [2.75, 3.05) is 27.2 Å². The van der Waals surface area contributed by atoms with Crippen LogP contribution in [-0.2, 0) is 4.79 Å². The normalized spacial score (nSPS) is 20.6. The van der Waals surface area contributed by atoms with Crippen LogP contribution in [0.1, 0.15) is 26.7 Å². The highest BCUT2D eigenvalue weighted by atomic mass is 16.4. The molecule has 0 bridgehead atoms. The number of likely N-dealkylation sites (tertiary alicyclic amines) is 1. The Kier molecular flexibility index (Phi) is 5.60. The molecule has 0 aromatic heterocycles. The zero-order chi connectivity index (χ0) is 14.6. The summed E-state index contributed by atoms with van der Waals surface area (Å²) in [5.74, 6) is -1.48. The van der Waals surface area contributed by atoms with E-state index in [0.29, 0.717) is 0 Å². The fraction of sp³-hybridized carbons (Fsp3) is 0.846.